The maximum Gasteiger partial charge on any atom is 0.262 e. The van der Waals surface area contributed by atoms with E-state index in [2.05, 4.69) is 21.0 Å². The third-order valence-corrected chi connectivity index (χ3v) is 4.35. The van der Waals surface area contributed by atoms with Crippen molar-refractivity contribution in [3.8, 4) is 0 Å². The molecule has 3 N–H and O–H groups in total. The van der Waals surface area contributed by atoms with E-state index >= 15 is 0 Å². The van der Waals surface area contributed by atoms with Crippen molar-refractivity contribution in [3.63, 3.8) is 0 Å². The predicted octanol–water partition coefficient (Wildman–Crippen LogP) is 1.30. The number of anilines is 1. The number of alkyl halides is 2. The van der Waals surface area contributed by atoms with Crippen molar-refractivity contribution in [3.05, 3.63) is 12.4 Å². The van der Waals surface area contributed by atoms with E-state index in [1.165, 1.54) is 17.1 Å². The molecular formula is C15H22ClF2N5O2. The van der Waals surface area contributed by atoms with Gasteiger partial charge in [-0.2, -0.15) is 5.10 Å². The summed E-state index contributed by atoms with van der Waals surface area (Å²) in [5.41, 5.74) is 0.380. The Labute approximate surface area is 150 Å². The molecule has 2 amide bonds. The van der Waals surface area contributed by atoms with Gasteiger partial charge in [-0.05, 0) is 12.8 Å². The molecule has 1 atom stereocenters. The van der Waals surface area contributed by atoms with Crippen LogP contribution in [0.2, 0.25) is 0 Å². The molecule has 0 bridgehead atoms. The van der Waals surface area contributed by atoms with Crippen LogP contribution in [0.15, 0.2) is 12.4 Å². The number of hydrogen-bond acceptors (Lipinski definition) is 4. The van der Waals surface area contributed by atoms with E-state index in [0.29, 0.717) is 5.69 Å². The van der Waals surface area contributed by atoms with Crippen LogP contribution < -0.4 is 16.0 Å². The van der Waals surface area contributed by atoms with E-state index < -0.39 is 30.8 Å². The summed E-state index contributed by atoms with van der Waals surface area (Å²) in [6.07, 6.45) is 6.68. The molecule has 1 unspecified atom stereocenters. The molecule has 0 aromatic carbocycles. The average molecular weight is 378 g/mol. The van der Waals surface area contributed by atoms with Gasteiger partial charge in [0.1, 0.15) is 6.54 Å². The van der Waals surface area contributed by atoms with Crippen molar-refractivity contribution in [2.45, 2.75) is 56.7 Å². The first-order valence-electron chi connectivity index (χ1n) is 8.15. The lowest BCUT2D eigenvalue weighted by molar-refractivity contribution is -0.122. The second-order valence-corrected chi connectivity index (χ2v) is 6.46. The molecule has 2 aliphatic rings. The second kappa shape index (κ2) is 8.09. The molecular weight excluding hydrogens is 356 g/mol. The SMILES string of the molecule is Cl.O=C(Cn1cc(NC(=O)C2CC(F)(F)CN2)cn1)NC1CCCC1. The van der Waals surface area contributed by atoms with E-state index in [1.807, 2.05) is 0 Å². The largest absolute Gasteiger partial charge is 0.352 e. The molecule has 7 nitrogen and oxygen atoms in total. The van der Waals surface area contributed by atoms with Crippen LogP contribution >= 0.6 is 12.4 Å². The fourth-order valence-electron chi connectivity index (χ4n) is 3.14. The maximum absolute atomic E-state index is 13.1. The monoisotopic (exact) mass is 377 g/mol. The molecule has 1 saturated heterocycles. The van der Waals surface area contributed by atoms with Crippen LogP contribution in [0.5, 0.6) is 0 Å². The summed E-state index contributed by atoms with van der Waals surface area (Å²) in [6, 6.07) is -0.684. The smallest absolute Gasteiger partial charge is 0.262 e. The first-order valence-corrected chi connectivity index (χ1v) is 8.15. The van der Waals surface area contributed by atoms with E-state index in [-0.39, 0.29) is 30.9 Å². The van der Waals surface area contributed by atoms with Gasteiger partial charge in [-0.15, -0.1) is 12.4 Å². The van der Waals surface area contributed by atoms with Gasteiger partial charge in [-0.1, -0.05) is 12.8 Å². The minimum absolute atomic E-state index is 0. The fraction of sp³-hybridized carbons (Fsp3) is 0.667. The molecule has 25 heavy (non-hydrogen) atoms. The van der Waals surface area contributed by atoms with Crippen molar-refractivity contribution < 1.29 is 18.4 Å². The molecule has 10 heteroatoms. The number of aromatic nitrogens is 2. The van der Waals surface area contributed by atoms with E-state index in [9.17, 15) is 18.4 Å². The zero-order valence-electron chi connectivity index (χ0n) is 13.6. The molecule has 1 aliphatic carbocycles. The molecule has 0 radical (unpaired) electrons. The normalized spacial score (nSPS) is 22.4. The van der Waals surface area contributed by atoms with Crippen molar-refractivity contribution in [2.24, 2.45) is 0 Å². The van der Waals surface area contributed by atoms with E-state index in [0.717, 1.165) is 25.7 Å². The number of hydrogen-bond donors (Lipinski definition) is 3. The number of nitrogens with zero attached hydrogens (tertiary/aromatic N) is 2. The summed E-state index contributed by atoms with van der Waals surface area (Å²) in [4.78, 5) is 23.9. The van der Waals surface area contributed by atoms with Crippen LogP contribution in [-0.2, 0) is 16.1 Å². The summed E-state index contributed by atoms with van der Waals surface area (Å²) in [5.74, 6) is -3.51. The minimum atomic E-state index is -2.86. The molecule has 1 aromatic heterocycles. The van der Waals surface area contributed by atoms with Crippen molar-refractivity contribution in [1.29, 1.82) is 0 Å². The number of nitrogens with one attached hydrogen (secondary N) is 3. The van der Waals surface area contributed by atoms with Gasteiger partial charge in [0, 0.05) is 18.7 Å². The van der Waals surface area contributed by atoms with Crippen molar-refractivity contribution in [1.82, 2.24) is 20.4 Å². The number of rotatable bonds is 5. The topological polar surface area (TPSA) is 88.1 Å². The summed E-state index contributed by atoms with van der Waals surface area (Å²) < 4.78 is 27.6. The minimum Gasteiger partial charge on any atom is -0.352 e. The average Bonchev–Trinajstić information content (AvgIpc) is 3.21. The van der Waals surface area contributed by atoms with Crippen LogP contribution in [-0.4, -0.2) is 46.1 Å². The molecule has 1 saturated carbocycles. The molecule has 0 spiro atoms. The number of amides is 2. The van der Waals surface area contributed by atoms with E-state index in [1.54, 1.807) is 0 Å². The third kappa shape index (κ3) is 5.37. The summed E-state index contributed by atoms with van der Waals surface area (Å²) >= 11 is 0. The highest BCUT2D eigenvalue weighted by atomic mass is 35.5. The molecule has 2 fully saturated rings. The fourth-order valence-corrected chi connectivity index (χ4v) is 3.14. The number of carbonyl (C=O) groups is 2. The summed E-state index contributed by atoms with van der Waals surface area (Å²) in [6.45, 7) is -0.433. The Kier molecular flexibility index (Phi) is 6.34. The first kappa shape index (κ1) is 19.6. The molecule has 140 valence electrons. The highest BCUT2D eigenvalue weighted by molar-refractivity contribution is 5.95. The van der Waals surface area contributed by atoms with Gasteiger partial charge in [0.05, 0.1) is 24.5 Å². The number of halogens is 3. The third-order valence-electron chi connectivity index (χ3n) is 4.35. The number of carbonyl (C=O) groups excluding carboxylic acids is 2. The second-order valence-electron chi connectivity index (χ2n) is 6.46. The lowest BCUT2D eigenvalue weighted by Gasteiger charge is -2.11. The Balaban J connectivity index is 0.00000225. The zero-order chi connectivity index (χ0) is 17.2. The summed E-state index contributed by atoms with van der Waals surface area (Å²) in [7, 11) is 0. The maximum atomic E-state index is 13.1. The van der Waals surface area contributed by atoms with Gasteiger partial charge >= 0.3 is 0 Å². The Hall–Kier alpha value is -1.74. The first-order chi connectivity index (χ1) is 11.4. The quantitative estimate of drug-likeness (QED) is 0.721. The van der Waals surface area contributed by atoms with Crippen LogP contribution in [0, 0.1) is 0 Å². The Morgan fingerprint density at radius 1 is 1.36 bits per heavy atom. The highest BCUT2D eigenvalue weighted by Gasteiger charge is 2.42. The van der Waals surface area contributed by atoms with Crippen molar-refractivity contribution >= 4 is 29.9 Å². The van der Waals surface area contributed by atoms with Gasteiger partial charge in [0.15, 0.2) is 0 Å². The lowest BCUT2D eigenvalue weighted by atomic mass is 10.2. The van der Waals surface area contributed by atoms with E-state index in [4.69, 9.17) is 0 Å². The van der Waals surface area contributed by atoms with Gasteiger partial charge in [-0.25, -0.2) is 8.78 Å². The van der Waals surface area contributed by atoms with Gasteiger partial charge in [0.25, 0.3) is 5.92 Å². The zero-order valence-corrected chi connectivity index (χ0v) is 14.5. The van der Waals surface area contributed by atoms with Crippen LogP contribution in [0.1, 0.15) is 32.1 Å². The Morgan fingerprint density at radius 2 is 2.08 bits per heavy atom. The van der Waals surface area contributed by atoms with Crippen molar-refractivity contribution in [2.75, 3.05) is 11.9 Å². The van der Waals surface area contributed by atoms with Gasteiger partial charge in [-0.3, -0.25) is 19.6 Å². The standard InChI is InChI=1S/C15H21F2N5O2.ClH/c16-15(17)5-12(18-9-15)14(24)21-11-6-19-22(7-11)8-13(23)20-10-3-1-2-4-10;/h6-7,10,12,18H,1-5,8-9H2,(H,20,23)(H,21,24);1H. The van der Waals surface area contributed by atoms with Gasteiger partial charge < -0.3 is 10.6 Å². The Bertz CT molecular complexity index is 619. The predicted molar refractivity (Wildman–Crippen MR) is 89.9 cm³/mol. The van der Waals surface area contributed by atoms with Crippen LogP contribution in [0.3, 0.4) is 0 Å². The molecule has 2 heterocycles. The van der Waals surface area contributed by atoms with Crippen LogP contribution in [0.25, 0.3) is 0 Å². The molecule has 1 aliphatic heterocycles. The lowest BCUT2D eigenvalue weighted by Crippen LogP contribution is -2.35. The Morgan fingerprint density at radius 3 is 2.72 bits per heavy atom. The molecule has 1 aromatic rings. The highest BCUT2D eigenvalue weighted by Crippen LogP contribution is 2.25. The van der Waals surface area contributed by atoms with Gasteiger partial charge in [0.2, 0.25) is 11.8 Å². The van der Waals surface area contributed by atoms with Crippen LogP contribution in [0.4, 0.5) is 14.5 Å². The molecule has 3 rings (SSSR count). The summed E-state index contributed by atoms with van der Waals surface area (Å²) in [5, 5.41) is 12.0.